The van der Waals surface area contributed by atoms with Gasteiger partial charge in [-0.3, -0.25) is 9.59 Å². The summed E-state index contributed by atoms with van der Waals surface area (Å²) in [5.74, 6) is -2.42. The van der Waals surface area contributed by atoms with E-state index in [0.29, 0.717) is 17.4 Å². The fourth-order valence-corrected chi connectivity index (χ4v) is 4.83. The number of rotatable bonds is 5. The molecule has 8 heteroatoms. The van der Waals surface area contributed by atoms with Crippen molar-refractivity contribution in [3.05, 3.63) is 57.5 Å². The summed E-state index contributed by atoms with van der Waals surface area (Å²) < 4.78 is 28.9. The number of hydrogen-bond acceptors (Lipinski definition) is 4. The van der Waals surface area contributed by atoms with Crippen molar-refractivity contribution in [2.24, 2.45) is 11.8 Å². The zero-order chi connectivity index (χ0) is 21.6. The van der Waals surface area contributed by atoms with E-state index in [1.54, 1.807) is 13.0 Å². The van der Waals surface area contributed by atoms with E-state index in [1.165, 1.54) is 35.4 Å². The van der Waals surface area contributed by atoms with Crippen LogP contribution in [-0.2, 0) is 5.92 Å². The highest BCUT2D eigenvalue weighted by atomic mass is 19.3. The lowest BCUT2D eigenvalue weighted by Gasteiger charge is -2.23. The van der Waals surface area contributed by atoms with Gasteiger partial charge in [0.2, 0.25) is 0 Å². The normalized spacial score (nSPS) is 24.1. The van der Waals surface area contributed by atoms with Gasteiger partial charge in [0.15, 0.2) is 0 Å². The lowest BCUT2D eigenvalue weighted by molar-refractivity contribution is 0.0174. The van der Waals surface area contributed by atoms with E-state index in [2.05, 4.69) is 10.4 Å². The standard InChI is InChI=1S/C22H26F2N4O2/c1-12(15-9-16(22(2,23)24)11-17(25)10-15)26-21(30)18-5-6-20(29)28(27-18)19-8-13-3-4-14(19)7-13/h5-6,9-14,19H,3-4,7-8,25H2,1-2H3,(H,26,30)/t12-,13-,14+,19?/m1/s1. The zero-order valence-corrected chi connectivity index (χ0v) is 17.1. The van der Waals surface area contributed by atoms with Crippen molar-refractivity contribution >= 4 is 11.6 Å². The number of hydrogen-bond donors (Lipinski definition) is 2. The van der Waals surface area contributed by atoms with Crippen molar-refractivity contribution < 1.29 is 13.6 Å². The van der Waals surface area contributed by atoms with Gasteiger partial charge in [-0.2, -0.15) is 5.10 Å². The van der Waals surface area contributed by atoms with Crippen LogP contribution >= 0.6 is 0 Å². The van der Waals surface area contributed by atoms with E-state index in [1.807, 2.05) is 0 Å². The minimum atomic E-state index is -3.04. The predicted molar refractivity (Wildman–Crippen MR) is 109 cm³/mol. The smallest absolute Gasteiger partial charge is 0.272 e. The number of nitrogens with zero attached hydrogens (tertiary/aromatic N) is 2. The number of carbonyl (C=O) groups is 1. The third-order valence-electron chi connectivity index (χ3n) is 6.40. The number of aromatic nitrogens is 2. The van der Waals surface area contributed by atoms with Crippen LogP contribution in [0, 0.1) is 11.8 Å². The first-order valence-corrected chi connectivity index (χ1v) is 10.3. The predicted octanol–water partition coefficient (Wildman–Crippen LogP) is 3.79. The molecule has 2 aliphatic rings. The Balaban J connectivity index is 1.54. The molecule has 0 radical (unpaired) electrons. The second-order valence-corrected chi connectivity index (χ2v) is 8.72. The van der Waals surface area contributed by atoms with Gasteiger partial charge < -0.3 is 11.1 Å². The number of nitrogens with one attached hydrogen (secondary N) is 1. The maximum Gasteiger partial charge on any atom is 0.272 e. The number of nitrogen functional groups attached to an aromatic ring is 1. The van der Waals surface area contributed by atoms with Crippen LogP contribution in [0.15, 0.2) is 35.1 Å². The molecule has 1 aromatic heterocycles. The van der Waals surface area contributed by atoms with Crippen LogP contribution in [0.2, 0.25) is 0 Å². The molecule has 3 N–H and O–H groups in total. The number of halogens is 2. The van der Waals surface area contributed by atoms with Gasteiger partial charge in [0.1, 0.15) is 5.69 Å². The first-order valence-electron chi connectivity index (χ1n) is 10.3. The second kappa shape index (κ2) is 7.49. The lowest BCUT2D eigenvalue weighted by Crippen LogP contribution is -2.34. The number of fused-ring (bicyclic) bond motifs is 2. The third kappa shape index (κ3) is 3.95. The van der Waals surface area contributed by atoms with Crippen LogP contribution < -0.4 is 16.6 Å². The third-order valence-corrected chi connectivity index (χ3v) is 6.40. The summed E-state index contributed by atoms with van der Waals surface area (Å²) in [5, 5.41) is 7.11. The summed E-state index contributed by atoms with van der Waals surface area (Å²) in [6.07, 6.45) is 4.34. The minimum absolute atomic E-state index is 0.0460. The number of alkyl halides is 2. The monoisotopic (exact) mass is 416 g/mol. The molecule has 160 valence electrons. The fourth-order valence-electron chi connectivity index (χ4n) is 4.83. The Labute approximate surface area is 173 Å². The molecule has 30 heavy (non-hydrogen) atoms. The Morgan fingerprint density at radius 3 is 2.67 bits per heavy atom. The Morgan fingerprint density at radius 2 is 2.03 bits per heavy atom. The van der Waals surface area contributed by atoms with Gasteiger partial charge in [-0.05, 0) is 67.9 Å². The Morgan fingerprint density at radius 1 is 1.27 bits per heavy atom. The van der Waals surface area contributed by atoms with Gasteiger partial charge >= 0.3 is 0 Å². The minimum Gasteiger partial charge on any atom is -0.399 e. The topological polar surface area (TPSA) is 90.0 Å². The van der Waals surface area contributed by atoms with Crippen LogP contribution in [0.1, 0.15) is 73.2 Å². The molecule has 1 heterocycles. The SMILES string of the molecule is C[C@@H](NC(=O)c1ccc(=O)n(C2C[C@@H]3CC[C@H]2C3)n1)c1cc(N)cc(C(C)(F)F)c1. The molecule has 0 aliphatic heterocycles. The molecular weight excluding hydrogens is 390 g/mol. The molecule has 0 saturated heterocycles. The van der Waals surface area contributed by atoms with E-state index in [9.17, 15) is 18.4 Å². The van der Waals surface area contributed by atoms with Crippen LogP contribution in [-0.4, -0.2) is 15.7 Å². The van der Waals surface area contributed by atoms with E-state index < -0.39 is 17.9 Å². The molecule has 4 atom stereocenters. The first kappa shape index (κ1) is 20.5. The molecular formula is C22H26F2N4O2. The average molecular weight is 416 g/mol. The molecule has 1 amide bonds. The number of carbonyl (C=O) groups excluding carboxylic acids is 1. The van der Waals surface area contributed by atoms with Gasteiger partial charge in [0, 0.05) is 24.2 Å². The summed E-state index contributed by atoms with van der Waals surface area (Å²) in [6, 6.07) is 6.38. The van der Waals surface area contributed by atoms with Crippen LogP contribution in [0.3, 0.4) is 0 Å². The van der Waals surface area contributed by atoms with Crippen molar-refractivity contribution in [2.45, 2.75) is 57.5 Å². The second-order valence-electron chi connectivity index (χ2n) is 8.72. The highest BCUT2D eigenvalue weighted by Crippen LogP contribution is 2.49. The lowest BCUT2D eigenvalue weighted by atomic mass is 9.95. The fraction of sp³-hybridized carbons (Fsp3) is 0.500. The summed E-state index contributed by atoms with van der Waals surface area (Å²) in [7, 11) is 0. The maximum atomic E-state index is 13.7. The Kier molecular flexibility index (Phi) is 5.11. The molecule has 1 unspecified atom stereocenters. The van der Waals surface area contributed by atoms with Crippen LogP contribution in [0.5, 0.6) is 0 Å². The summed E-state index contributed by atoms with van der Waals surface area (Å²) >= 11 is 0. The van der Waals surface area contributed by atoms with Gasteiger partial charge in [-0.25, -0.2) is 13.5 Å². The van der Waals surface area contributed by atoms with Crippen LogP contribution in [0.4, 0.5) is 14.5 Å². The van der Waals surface area contributed by atoms with Crippen LogP contribution in [0.25, 0.3) is 0 Å². The number of anilines is 1. The number of nitrogens with two attached hydrogens (primary N) is 1. The highest BCUT2D eigenvalue weighted by molar-refractivity contribution is 5.92. The molecule has 2 aromatic rings. The average Bonchev–Trinajstić information content (AvgIpc) is 3.30. The van der Waals surface area contributed by atoms with Crippen molar-refractivity contribution in [1.82, 2.24) is 15.1 Å². The quantitative estimate of drug-likeness (QED) is 0.726. The number of amides is 1. The highest BCUT2D eigenvalue weighted by Gasteiger charge is 2.41. The molecule has 4 rings (SSSR count). The van der Waals surface area contributed by atoms with Gasteiger partial charge in [0.05, 0.1) is 12.1 Å². The first-order chi connectivity index (χ1) is 14.1. The Hall–Kier alpha value is -2.77. The van der Waals surface area contributed by atoms with Crippen molar-refractivity contribution in [3.8, 4) is 0 Å². The van der Waals surface area contributed by atoms with E-state index in [4.69, 9.17) is 5.73 Å². The molecule has 0 spiro atoms. The van der Waals surface area contributed by atoms with E-state index in [-0.39, 0.29) is 28.5 Å². The molecule has 2 aliphatic carbocycles. The Bertz CT molecular complexity index is 1030. The van der Waals surface area contributed by atoms with Gasteiger partial charge in [-0.15, -0.1) is 0 Å². The van der Waals surface area contributed by atoms with Crippen molar-refractivity contribution in [1.29, 1.82) is 0 Å². The summed E-state index contributed by atoms with van der Waals surface area (Å²) in [5.41, 5.74) is 6.17. The maximum absolute atomic E-state index is 13.7. The molecule has 1 aromatic carbocycles. The largest absolute Gasteiger partial charge is 0.399 e. The van der Waals surface area contributed by atoms with Crippen molar-refractivity contribution in [3.63, 3.8) is 0 Å². The zero-order valence-electron chi connectivity index (χ0n) is 17.1. The van der Waals surface area contributed by atoms with Gasteiger partial charge in [-0.1, -0.05) is 6.42 Å². The molecule has 6 nitrogen and oxygen atoms in total. The number of benzene rings is 1. The van der Waals surface area contributed by atoms with E-state index >= 15 is 0 Å². The molecule has 2 saturated carbocycles. The summed E-state index contributed by atoms with van der Waals surface area (Å²) in [6.45, 7) is 2.49. The van der Waals surface area contributed by atoms with E-state index in [0.717, 1.165) is 26.2 Å². The molecule has 2 bridgehead atoms. The summed E-state index contributed by atoms with van der Waals surface area (Å²) in [4.78, 5) is 25.1. The molecule has 2 fully saturated rings. The van der Waals surface area contributed by atoms with Gasteiger partial charge in [0.25, 0.3) is 17.4 Å². The van der Waals surface area contributed by atoms with Crippen molar-refractivity contribution in [2.75, 3.05) is 5.73 Å².